The third-order valence-electron chi connectivity index (χ3n) is 12.1. The largest absolute Gasteiger partial charge is 0.453 e. The van der Waals surface area contributed by atoms with Gasteiger partial charge in [-0.2, -0.15) is 0 Å². The molecule has 4 heterocycles. The Hall–Kier alpha value is -8.33. The molecule has 0 radical (unpaired) electrons. The molecule has 7 nitrogen and oxygen atoms in total. The molecule has 8 heteroatoms. The fraction of sp³-hybridized carbons (Fsp3) is 0. The van der Waals surface area contributed by atoms with Gasteiger partial charge in [0.1, 0.15) is 22.4 Å². The molecule has 0 atom stereocenters. The van der Waals surface area contributed by atoms with E-state index in [0.717, 1.165) is 39.6 Å². The van der Waals surface area contributed by atoms with E-state index in [1.165, 1.54) is 19.6 Å². The highest BCUT2D eigenvalue weighted by Crippen LogP contribution is 2.79. The lowest BCUT2D eigenvalue weighted by Crippen LogP contribution is -2.22. The predicted molar refractivity (Wildman–Crippen MR) is 255 cm³/mol. The molecule has 11 aromatic rings. The molecule has 9 aromatic carbocycles. The normalized spacial score (nSPS) is 14.0. The summed E-state index contributed by atoms with van der Waals surface area (Å²) in [7, 11) is -2.04. The minimum absolute atomic E-state index is 0.482. The SMILES string of the molecule is c1ccc(-c2nc3c(N4c5ccccc5S(c5ccccc5)(c5ccccc5)c5ccccc54)c4oc(-c5ccccc5)nc4c(N4c5ccccc5Oc5ccccc54)c3o2)cc1. The van der Waals surface area contributed by atoms with Crippen LogP contribution in [0, 0.1) is 0 Å². The van der Waals surface area contributed by atoms with Crippen LogP contribution in [0.4, 0.5) is 34.1 Å². The van der Waals surface area contributed by atoms with Crippen LogP contribution in [0.5, 0.6) is 11.5 Å². The summed E-state index contributed by atoms with van der Waals surface area (Å²) in [6.07, 6.45) is 0. The van der Waals surface area contributed by atoms with E-state index in [2.05, 4.69) is 131 Å². The number of aromatic nitrogens is 2. The first-order valence-electron chi connectivity index (χ1n) is 21.2. The van der Waals surface area contributed by atoms with Crippen molar-refractivity contribution in [3.63, 3.8) is 0 Å². The van der Waals surface area contributed by atoms with Crippen molar-refractivity contribution < 1.29 is 13.6 Å². The number of rotatable bonds is 6. The zero-order valence-electron chi connectivity index (χ0n) is 34.2. The molecule has 0 amide bonds. The van der Waals surface area contributed by atoms with E-state index >= 15 is 0 Å². The highest BCUT2D eigenvalue weighted by Gasteiger charge is 2.45. The molecule has 2 aliphatic rings. The van der Waals surface area contributed by atoms with Crippen LogP contribution in [-0.4, -0.2) is 9.97 Å². The molecule has 0 N–H and O–H groups in total. The van der Waals surface area contributed by atoms with Crippen LogP contribution in [-0.2, 0) is 0 Å². The Labute approximate surface area is 370 Å². The summed E-state index contributed by atoms with van der Waals surface area (Å²) in [5.41, 5.74) is 9.23. The Morgan fingerprint density at radius 3 is 1.12 bits per heavy atom. The minimum Gasteiger partial charge on any atom is -0.453 e. The second-order valence-corrected chi connectivity index (χ2v) is 18.8. The number of benzene rings is 9. The van der Waals surface area contributed by atoms with Crippen LogP contribution >= 0.6 is 10.0 Å². The van der Waals surface area contributed by atoms with E-state index in [1.807, 2.05) is 97.1 Å². The topological polar surface area (TPSA) is 67.8 Å². The number of para-hydroxylation sites is 6. The molecule has 0 spiro atoms. The van der Waals surface area contributed by atoms with Crippen LogP contribution in [0.2, 0.25) is 0 Å². The highest BCUT2D eigenvalue weighted by molar-refractivity contribution is 8.34. The molecule has 304 valence electrons. The van der Waals surface area contributed by atoms with Crippen molar-refractivity contribution in [2.75, 3.05) is 9.80 Å². The van der Waals surface area contributed by atoms with Gasteiger partial charge in [0.2, 0.25) is 11.8 Å². The van der Waals surface area contributed by atoms with E-state index in [0.29, 0.717) is 51.2 Å². The fourth-order valence-corrected chi connectivity index (χ4v) is 13.6. The first-order chi connectivity index (χ1) is 31.8. The van der Waals surface area contributed by atoms with Crippen LogP contribution in [0.25, 0.3) is 45.1 Å². The first-order valence-corrected chi connectivity index (χ1v) is 22.9. The second-order valence-electron chi connectivity index (χ2n) is 15.7. The second kappa shape index (κ2) is 14.4. The van der Waals surface area contributed by atoms with Gasteiger partial charge in [0.05, 0.1) is 22.7 Å². The minimum atomic E-state index is -2.04. The number of ether oxygens (including phenoxy) is 1. The molecule has 13 rings (SSSR count). The Morgan fingerprint density at radius 1 is 0.344 bits per heavy atom. The van der Waals surface area contributed by atoms with E-state index in [9.17, 15) is 0 Å². The van der Waals surface area contributed by atoms with Gasteiger partial charge in [0.25, 0.3) is 0 Å². The Kier molecular flexibility index (Phi) is 8.16. The number of hydrogen-bond donors (Lipinski definition) is 0. The van der Waals surface area contributed by atoms with Crippen molar-refractivity contribution in [1.29, 1.82) is 0 Å². The van der Waals surface area contributed by atoms with Crippen LogP contribution in [0.3, 0.4) is 0 Å². The lowest BCUT2D eigenvalue weighted by atomic mass is 10.1. The monoisotopic (exact) mass is 844 g/mol. The first kappa shape index (κ1) is 36.3. The van der Waals surface area contributed by atoms with Gasteiger partial charge in [-0.1, -0.05) is 121 Å². The molecule has 2 aliphatic heterocycles. The molecule has 0 fully saturated rings. The van der Waals surface area contributed by atoms with Crippen LogP contribution < -0.4 is 14.5 Å². The van der Waals surface area contributed by atoms with E-state index < -0.39 is 10.0 Å². The Bertz CT molecular complexity index is 3330. The molecule has 64 heavy (non-hydrogen) atoms. The van der Waals surface area contributed by atoms with E-state index in [4.69, 9.17) is 23.5 Å². The van der Waals surface area contributed by atoms with Gasteiger partial charge in [-0.15, -0.1) is 10.0 Å². The summed E-state index contributed by atoms with van der Waals surface area (Å²) in [5.74, 6) is 2.38. The third-order valence-corrected chi connectivity index (χ3v) is 16.1. The van der Waals surface area contributed by atoms with E-state index in [-0.39, 0.29) is 0 Å². The molecular weight excluding hydrogens is 809 g/mol. The molecule has 0 bridgehead atoms. The van der Waals surface area contributed by atoms with Gasteiger partial charge < -0.3 is 18.5 Å². The predicted octanol–water partition coefficient (Wildman–Crippen LogP) is 16.0. The third kappa shape index (κ3) is 5.30. The van der Waals surface area contributed by atoms with Crippen molar-refractivity contribution >= 4 is 66.4 Å². The Morgan fingerprint density at radius 2 is 0.688 bits per heavy atom. The maximum absolute atomic E-state index is 7.23. The number of hydrogen-bond acceptors (Lipinski definition) is 7. The lowest BCUT2D eigenvalue weighted by molar-refractivity contribution is 0.477. The number of fused-ring (bicyclic) bond motifs is 6. The summed E-state index contributed by atoms with van der Waals surface area (Å²) in [6.45, 7) is 0. The molecular formula is C56H36N4O3S. The molecule has 0 aliphatic carbocycles. The van der Waals surface area contributed by atoms with Crippen LogP contribution in [0.15, 0.2) is 247 Å². The summed E-state index contributed by atoms with van der Waals surface area (Å²) in [6, 6.07) is 75.8. The molecule has 2 aromatic heterocycles. The lowest BCUT2D eigenvalue weighted by Gasteiger charge is -2.49. The van der Waals surface area contributed by atoms with Gasteiger partial charge in [0.15, 0.2) is 22.7 Å². The zero-order chi connectivity index (χ0) is 42.2. The standard InChI is InChI=1S/C56H36N4O3S/c1-5-21-37(22-6-1)55-57-49-51(59-41-29-13-17-33-45(41)61-46-34-18-14-30-42(46)59)53-50(58-56(62-53)38-23-7-2-8-24-38)52(54(49)63-55)60-43-31-15-19-35-47(43)64(39-25-9-3-10-26-39,40-27-11-4-12-28-40)48-36-20-16-32-44(48)60/h1-36H. The molecule has 0 saturated carbocycles. The summed E-state index contributed by atoms with van der Waals surface area (Å²) in [4.78, 5) is 20.4. The van der Waals surface area contributed by atoms with Gasteiger partial charge in [-0.05, 0) is 97.1 Å². The van der Waals surface area contributed by atoms with Crippen molar-refractivity contribution in [1.82, 2.24) is 9.97 Å². The van der Waals surface area contributed by atoms with Gasteiger partial charge in [-0.3, -0.25) is 4.90 Å². The number of nitrogens with zero attached hydrogens (tertiary/aromatic N) is 4. The average molecular weight is 845 g/mol. The molecule has 0 unspecified atom stereocenters. The zero-order valence-corrected chi connectivity index (χ0v) is 35.0. The van der Waals surface area contributed by atoms with Crippen molar-refractivity contribution in [2.24, 2.45) is 0 Å². The number of oxazole rings is 2. The fourth-order valence-electron chi connectivity index (χ4n) is 9.45. The Balaban J connectivity index is 1.20. The number of anilines is 6. The quantitative estimate of drug-likeness (QED) is 0.165. The smallest absolute Gasteiger partial charge is 0.227 e. The highest BCUT2D eigenvalue weighted by atomic mass is 32.3. The van der Waals surface area contributed by atoms with Crippen molar-refractivity contribution in [2.45, 2.75) is 19.6 Å². The van der Waals surface area contributed by atoms with Gasteiger partial charge in [-0.25, -0.2) is 9.97 Å². The maximum Gasteiger partial charge on any atom is 0.227 e. The van der Waals surface area contributed by atoms with E-state index in [1.54, 1.807) is 0 Å². The van der Waals surface area contributed by atoms with Crippen LogP contribution in [0.1, 0.15) is 0 Å². The summed E-state index contributed by atoms with van der Waals surface area (Å²) in [5, 5.41) is 0. The van der Waals surface area contributed by atoms with Crippen molar-refractivity contribution in [3.05, 3.63) is 218 Å². The average Bonchev–Trinajstić information content (AvgIpc) is 4.02. The summed E-state index contributed by atoms with van der Waals surface area (Å²) < 4.78 is 21.0. The summed E-state index contributed by atoms with van der Waals surface area (Å²) >= 11 is 0. The molecule has 0 saturated heterocycles. The maximum atomic E-state index is 7.23. The van der Waals surface area contributed by atoms with Gasteiger partial charge in [0, 0.05) is 30.7 Å². The van der Waals surface area contributed by atoms with Gasteiger partial charge >= 0.3 is 0 Å². The van der Waals surface area contributed by atoms with Crippen molar-refractivity contribution in [3.8, 4) is 34.4 Å².